The van der Waals surface area contributed by atoms with E-state index in [2.05, 4.69) is 307 Å². The van der Waals surface area contributed by atoms with E-state index in [1.807, 2.05) is 0 Å². The molecule has 0 aromatic heterocycles. The quantitative estimate of drug-likeness (QED) is 0.100. The third kappa shape index (κ3) is 6.83. The first-order valence-corrected chi connectivity index (χ1v) is 29.0. The van der Waals surface area contributed by atoms with Crippen LogP contribution in [0, 0.1) is 0 Å². The molecule has 1 aliphatic carbocycles. The minimum atomic E-state index is -2.82. The van der Waals surface area contributed by atoms with Gasteiger partial charge in [-0.15, -0.1) is 0 Å². The summed E-state index contributed by atoms with van der Waals surface area (Å²) in [5, 5.41) is 10.9. The van der Waals surface area contributed by atoms with Gasteiger partial charge >= 0.3 is 0 Å². The first-order chi connectivity index (χ1) is 35.3. The van der Waals surface area contributed by atoms with Gasteiger partial charge in [0.1, 0.15) is 0 Å². The molecule has 0 amide bonds. The first-order valence-electron chi connectivity index (χ1n) is 25.0. The Hall–Kier alpha value is -8.22. The molecule has 0 fully saturated rings. The smallest absolute Gasteiger partial charge is 0.226 e. The topological polar surface area (TPSA) is 6.48 Å². The van der Waals surface area contributed by atoms with Crippen LogP contribution in [-0.2, 0) is 0 Å². The molecule has 2 atom stereocenters. The van der Waals surface area contributed by atoms with Crippen molar-refractivity contribution >= 4 is 104 Å². The number of allylic oxidation sites excluding steroid dienone is 2. The lowest BCUT2D eigenvalue weighted by Crippen LogP contribution is -2.74. The van der Waals surface area contributed by atoms with Gasteiger partial charge in [0, 0.05) is 28.4 Å². The molecule has 0 N–H and O–H groups in total. The molecule has 10 aromatic rings. The average molecular weight is 939 g/mol. The van der Waals surface area contributed by atoms with E-state index in [4.69, 9.17) is 0 Å². The minimum Gasteiger partial charge on any atom is -0.335 e. The maximum atomic E-state index is 2.67. The molecule has 2 aliphatic heterocycles. The van der Waals surface area contributed by atoms with Gasteiger partial charge in [0.25, 0.3) is 0 Å². The molecule has 0 bridgehead atoms. The van der Waals surface area contributed by atoms with Crippen LogP contribution >= 0.6 is 0 Å². The second-order valence-electron chi connectivity index (χ2n) is 19.1. The Kier molecular flexibility index (Phi) is 10.8. The van der Waals surface area contributed by atoms with Crippen LogP contribution in [0.5, 0.6) is 0 Å². The van der Waals surface area contributed by atoms with Crippen molar-refractivity contribution in [3.05, 3.63) is 297 Å². The monoisotopic (exact) mass is 938 g/mol. The van der Waals surface area contributed by atoms with Crippen molar-refractivity contribution in [3.63, 3.8) is 0 Å². The summed E-state index contributed by atoms with van der Waals surface area (Å²) in [6.45, 7) is 0.153. The number of nitrogens with zero attached hydrogens (tertiary/aromatic N) is 2. The fourth-order valence-corrected chi connectivity index (χ4v) is 22.3. The fraction of sp³-hybridized carbons (Fsp3) is 0.0303. The van der Waals surface area contributed by atoms with E-state index in [-0.39, 0.29) is 18.6 Å². The third-order valence-corrected chi connectivity index (χ3v) is 25.1. The molecule has 2 nitrogen and oxygen atoms in total. The maximum Gasteiger partial charge on any atom is 0.226 e. The van der Waals surface area contributed by atoms with E-state index in [0.29, 0.717) is 0 Å². The molecular formula is C66H51BN2Si2. The Labute approximate surface area is 420 Å². The van der Waals surface area contributed by atoms with Crippen LogP contribution in [0.4, 0.5) is 28.4 Å². The minimum absolute atomic E-state index is 0.0985. The number of para-hydroxylation sites is 1. The van der Waals surface area contributed by atoms with E-state index >= 15 is 0 Å². The van der Waals surface area contributed by atoms with E-state index in [1.165, 1.54) is 80.9 Å². The van der Waals surface area contributed by atoms with Crippen LogP contribution < -0.4 is 62.2 Å². The maximum absolute atomic E-state index is 2.82. The van der Waals surface area contributed by atoms with Gasteiger partial charge < -0.3 is 9.80 Å². The molecule has 10 aromatic carbocycles. The number of rotatable bonds is 10. The zero-order chi connectivity index (χ0) is 47.2. The van der Waals surface area contributed by atoms with E-state index < -0.39 is 16.1 Å². The Morgan fingerprint density at radius 3 is 1.17 bits per heavy atom. The second kappa shape index (κ2) is 17.9. The molecule has 13 rings (SSSR count). The summed E-state index contributed by atoms with van der Waals surface area (Å²) >= 11 is 0. The molecule has 0 radical (unpaired) electrons. The van der Waals surface area contributed by atoms with Crippen LogP contribution in [0.3, 0.4) is 0 Å². The highest BCUT2D eigenvalue weighted by molar-refractivity contribution is 7.20. The van der Waals surface area contributed by atoms with E-state index in [1.54, 1.807) is 0 Å². The molecule has 2 unspecified atom stereocenters. The number of hydrogen-bond acceptors (Lipinski definition) is 2. The summed E-state index contributed by atoms with van der Waals surface area (Å²) in [5.74, 6) is 0.195. The van der Waals surface area contributed by atoms with Crippen molar-refractivity contribution in [1.82, 2.24) is 0 Å². The van der Waals surface area contributed by atoms with Crippen molar-refractivity contribution in [2.45, 2.75) is 11.9 Å². The zero-order valence-electron chi connectivity index (χ0n) is 39.4. The highest BCUT2D eigenvalue weighted by atomic mass is 28.3. The Bertz CT molecular complexity index is 3380. The van der Waals surface area contributed by atoms with Crippen molar-refractivity contribution in [3.8, 4) is 0 Å². The van der Waals surface area contributed by atoms with Gasteiger partial charge in [0.15, 0.2) is 16.1 Å². The SMILES string of the molecule is C1=CC2B3c4ccccc4N(c4cccc([Si](c5ccccc5)(c5ccccc5)c5ccccc5)c4)c4cccc(c43)N(c3cccc([Si](c4ccccc4)(c4ccccc4)c4ccccc4)c3)C2C=C1. The summed E-state index contributed by atoms with van der Waals surface area (Å²) in [5.41, 5.74) is 8.85. The van der Waals surface area contributed by atoms with Crippen LogP contribution in [0.1, 0.15) is 0 Å². The Morgan fingerprint density at radius 1 is 0.310 bits per heavy atom. The average Bonchev–Trinajstić information content (AvgIpc) is 3.45. The molecule has 5 heteroatoms. The van der Waals surface area contributed by atoms with Crippen molar-refractivity contribution in [2.24, 2.45) is 0 Å². The summed E-state index contributed by atoms with van der Waals surface area (Å²) in [4.78, 5) is 5.24. The largest absolute Gasteiger partial charge is 0.335 e. The van der Waals surface area contributed by atoms with Gasteiger partial charge in [-0.2, -0.15) is 0 Å². The summed E-state index contributed by atoms with van der Waals surface area (Å²) in [6.07, 6.45) is 9.47. The molecule has 3 aliphatic rings. The normalized spacial score (nSPS) is 15.7. The Balaban J connectivity index is 1.03. The first kappa shape index (κ1) is 42.8. The van der Waals surface area contributed by atoms with Gasteiger partial charge in [-0.1, -0.05) is 255 Å². The summed E-state index contributed by atoms with van der Waals surface area (Å²) < 4.78 is 0. The van der Waals surface area contributed by atoms with Gasteiger partial charge in [-0.3, -0.25) is 0 Å². The van der Waals surface area contributed by atoms with E-state index in [0.717, 1.165) is 0 Å². The number of fused-ring (bicyclic) bond motifs is 4. The van der Waals surface area contributed by atoms with Crippen LogP contribution in [0.2, 0.25) is 5.82 Å². The fourth-order valence-electron chi connectivity index (χ4n) is 12.7. The van der Waals surface area contributed by atoms with Crippen molar-refractivity contribution in [2.75, 3.05) is 9.80 Å². The van der Waals surface area contributed by atoms with Gasteiger partial charge in [-0.05, 0) is 101 Å². The standard InChI is InChI=1S/C66H51BN2Si2/c1-7-28-52(29-8-1)70(53-30-9-2-10-31-53,54-32-11-3-12-33-54)58-40-23-26-50(48-58)68-62-44-21-19-42-60(62)67-61-43-20-22-45-63(61)69(65-47-25-46-64(68)66(65)67)51-27-24-41-59(49-51)71(55-34-13-4-14-35-55,56-36-15-5-16-37-56)57-38-17-6-18-39-57/h1-49,60,62H. The van der Waals surface area contributed by atoms with Gasteiger partial charge in [0.2, 0.25) is 6.71 Å². The highest BCUT2D eigenvalue weighted by Crippen LogP contribution is 2.47. The molecule has 0 saturated heterocycles. The summed E-state index contributed by atoms with van der Waals surface area (Å²) in [7, 11) is -5.63. The highest BCUT2D eigenvalue weighted by Gasteiger charge is 2.50. The van der Waals surface area contributed by atoms with Crippen molar-refractivity contribution < 1.29 is 0 Å². The van der Waals surface area contributed by atoms with Crippen molar-refractivity contribution in [1.29, 1.82) is 0 Å². The van der Waals surface area contributed by atoms with Crippen LogP contribution in [0.25, 0.3) is 0 Å². The molecule has 0 spiro atoms. The lowest BCUT2D eigenvalue weighted by Gasteiger charge is -2.50. The number of anilines is 5. The summed E-state index contributed by atoms with van der Waals surface area (Å²) in [6, 6.07) is 103. The predicted molar refractivity (Wildman–Crippen MR) is 308 cm³/mol. The molecule has 0 saturated carbocycles. The van der Waals surface area contributed by atoms with E-state index in [9.17, 15) is 0 Å². The molecule has 336 valence electrons. The Morgan fingerprint density at radius 2 is 0.676 bits per heavy atom. The second-order valence-corrected chi connectivity index (χ2v) is 26.7. The number of benzene rings is 10. The third-order valence-electron chi connectivity index (χ3n) is 15.5. The predicted octanol–water partition coefficient (Wildman–Crippen LogP) is 8.85. The zero-order valence-corrected chi connectivity index (χ0v) is 41.4. The molecule has 2 heterocycles. The lowest BCUT2D eigenvalue weighted by molar-refractivity contribution is 0.766. The number of hydrogen-bond donors (Lipinski definition) is 0. The van der Waals surface area contributed by atoms with Gasteiger partial charge in [-0.25, -0.2) is 0 Å². The van der Waals surface area contributed by atoms with Crippen LogP contribution in [0.15, 0.2) is 297 Å². The van der Waals surface area contributed by atoms with Gasteiger partial charge in [0.05, 0.1) is 6.04 Å². The lowest BCUT2D eigenvalue weighted by atomic mass is 9.29. The van der Waals surface area contributed by atoms with Crippen LogP contribution in [-0.4, -0.2) is 28.9 Å². The molecule has 71 heavy (non-hydrogen) atoms. The molecular weight excluding hydrogens is 888 g/mol.